The van der Waals surface area contributed by atoms with Crippen LogP contribution in [0.4, 0.5) is 13.2 Å². The number of halogens is 3. The molecule has 1 amide bonds. The predicted octanol–water partition coefficient (Wildman–Crippen LogP) is 3.82. The fourth-order valence-electron chi connectivity index (χ4n) is 3.57. The number of hydrogen-bond donors (Lipinski definition) is 2. The zero-order chi connectivity index (χ0) is 20.9. The Kier molecular flexibility index (Phi) is 4.25. The molecule has 0 radical (unpaired) electrons. The van der Waals surface area contributed by atoms with Gasteiger partial charge in [0.2, 0.25) is 0 Å². The van der Waals surface area contributed by atoms with Gasteiger partial charge >= 0.3 is 12.3 Å². The molecule has 2 unspecified atom stereocenters. The number of aromatic nitrogens is 1. The Balaban J connectivity index is 1.83. The highest BCUT2D eigenvalue weighted by Gasteiger charge is 2.44. The summed E-state index contributed by atoms with van der Waals surface area (Å²) in [6, 6.07) is 12.1. The zero-order valence-corrected chi connectivity index (χ0v) is 14.8. The summed E-state index contributed by atoms with van der Waals surface area (Å²) < 4.78 is 43.2. The van der Waals surface area contributed by atoms with Gasteiger partial charge < -0.3 is 20.1 Å². The molecule has 1 aromatic heterocycles. The molecule has 1 aliphatic rings. The van der Waals surface area contributed by atoms with E-state index in [2.05, 4.69) is 4.74 Å². The van der Waals surface area contributed by atoms with Crippen LogP contribution in [0.2, 0.25) is 0 Å². The van der Waals surface area contributed by atoms with Gasteiger partial charge in [-0.1, -0.05) is 12.1 Å². The Morgan fingerprint density at radius 3 is 2.52 bits per heavy atom. The highest BCUT2D eigenvalue weighted by atomic mass is 19.4. The number of fused-ring (bicyclic) bond motifs is 1. The first kappa shape index (κ1) is 18.9. The molecule has 1 saturated carbocycles. The normalized spacial score (nSPS) is 18.6. The molecule has 1 fully saturated rings. The van der Waals surface area contributed by atoms with Crippen LogP contribution in [0.5, 0.6) is 5.75 Å². The molecule has 150 valence electrons. The number of rotatable bonds is 5. The number of carbonyl (C=O) groups is 2. The van der Waals surface area contributed by atoms with Crippen LogP contribution in [0, 0.1) is 5.92 Å². The number of amides is 1. The van der Waals surface area contributed by atoms with Crippen molar-refractivity contribution in [2.24, 2.45) is 11.7 Å². The Morgan fingerprint density at radius 1 is 1.14 bits per heavy atom. The number of alkyl halides is 3. The summed E-state index contributed by atoms with van der Waals surface area (Å²) in [5.74, 6) is -2.66. The molecular weight excluding hydrogens is 389 g/mol. The molecule has 4 rings (SSSR count). The van der Waals surface area contributed by atoms with E-state index in [1.54, 1.807) is 24.3 Å². The average Bonchev–Trinajstić information content (AvgIpc) is 3.35. The van der Waals surface area contributed by atoms with Gasteiger partial charge in [-0.2, -0.15) is 0 Å². The number of benzene rings is 2. The van der Waals surface area contributed by atoms with Gasteiger partial charge in [-0.3, -0.25) is 9.59 Å². The monoisotopic (exact) mass is 404 g/mol. The lowest BCUT2D eigenvalue weighted by atomic mass is 10.1. The number of nitrogens with zero attached hydrogens (tertiary/aromatic N) is 1. The molecule has 0 spiro atoms. The van der Waals surface area contributed by atoms with E-state index in [0.717, 1.165) is 11.6 Å². The second-order valence-corrected chi connectivity index (χ2v) is 6.88. The van der Waals surface area contributed by atoms with Crippen LogP contribution >= 0.6 is 0 Å². The molecule has 2 aromatic carbocycles. The lowest BCUT2D eigenvalue weighted by molar-refractivity contribution is -0.274. The Bertz CT molecular complexity index is 1140. The number of carboxylic acids is 1. The molecular formula is C20H15F3N2O4. The third kappa shape index (κ3) is 3.63. The van der Waals surface area contributed by atoms with Gasteiger partial charge in [0.05, 0.1) is 11.4 Å². The van der Waals surface area contributed by atoms with Crippen LogP contribution < -0.4 is 10.5 Å². The molecule has 0 bridgehead atoms. The minimum absolute atomic E-state index is 0.0897. The van der Waals surface area contributed by atoms with Crippen LogP contribution in [0.1, 0.15) is 28.4 Å². The maximum absolute atomic E-state index is 12.6. The molecule has 29 heavy (non-hydrogen) atoms. The van der Waals surface area contributed by atoms with Crippen LogP contribution in [0.3, 0.4) is 0 Å². The fraction of sp³-hybridized carbons (Fsp3) is 0.200. The minimum Gasteiger partial charge on any atom is -0.481 e. The van der Waals surface area contributed by atoms with Crippen molar-refractivity contribution in [3.05, 3.63) is 59.8 Å². The first-order valence-electron chi connectivity index (χ1n) is 8.68. The number of aliphatic carboxylic acids is 1. The first-order valence-corrected chi connectivity index (χ1v) is 8.68. The van der Waals surface area contributed by atoms with Crippen molar-refractivity contribution in [3.63, 3.8) is 0 Å². The molecule has 1 aliphatic carbocycles. The highest BCUT2D eigenvalue weighted by molar-refractivity contribution is 5.99. The van der Waals surface area contributed by atoms with E-state index >= 15 is 0 Å². The van der Waals surface area contributed by atoms with Crippen molar-refractivity contribution in [2.75, 3.05) is 0 Å². The van der Waals surface area contributed by atoms with E-state index in [1.165, 1.54) is 22.8 Å². The Labute approximate surface area is 162 Å². The molecule has 2 atom stereocenters. The predicted molar refractivity (Wildman–Crippen MR) is 97.0 cm³/mol. The number of ether oxygens (including phenoxy) is 1. The van der Waals surface area contributed by atoms with Crippen LogP contribution in [-0.2, 0) is 4.79 Å². The van der Waals surface area contributed by atoms with Crippen LogP contribution in [0.25, 0.3) is 16.6 Å². The van der Waals surface area contributed by atoms with Crippen molar-refractivity contribution < 1.29 is 32.6 Å². The maximum atomic E-state index is 12.6. The molecule has 0 saturated heterocycles. The van der Waals surface area contributed by atoms with Gasteiger partial charge in [0, 0.05) is 17.1 Å². The number of hydrogen-bond acceptors (Lipinski definition) is 3. The average molecular weight is 404 g/mol. The van der Waals surface area contributed by atoms with Crippen LogP contribution in [0.15, 0.2) is 48.5 Å². The second-order valence-electron chi connectivity index (χ2n) is 6.88. The van der Waals surface area contributed by atoms with Gasteiger partial charge in [0.25, 0.3) is 5.91 Å². The van der Waals surface area contributed by atoms with Crippen molar-refractivity contribution in [2.45, 2.75) is 18.7 Å². The van der Waals surface area contributed by atoms with Crippen molar-refractivity contribution in [1.82, 2.24) is 4.57 Å². The van der Waals surface area contributed by atoms with Gasteiger partial charge in [-0.25, -0.2) is 0 Å². The number of nitrogens with two attached hydrogens (primary N) is 1. The molecule has 3 N–H and O–H groups in total. The summed E-state index contributed by atoms with van der Waals surface area (Å²) in [7, 11) is 0. The fourth-order valence-corrected chi connectivity index (χ4v) is 3.57. The van der Waals surface area contributed by atoms with Crippen molar-refractivity contribution in [3.8, 4) is 11.4 Å². The first-order chi connectivity index (χ1) is 13.6. The van der Waals surface area contributed by atoms with Crippen molar-refractivity contribution in [1.29, 1.82) is 0 Å². The zero-order valence-electron chi connectivity index (χ0n) is 14.8. The number of carbonyl (C=O) groups excluding carboxylic acids is 1. The van der Waals surface area contributed by atoms with E-state index in [4.69, 9.17) is 10.8 Å². The summed E-state index contributed by atoms with van der Waals surface area (Å²) in [6.07, 6.45) is -4.34. The van der Waals surface area contributed by atoms with Crippen LogP contribution in [-0.4, -0.2) is 27.9 Å². The molecule has 3 aromatic rings. The number of primary amides is 1. The minimum atomic E-state index is -4.85. The van der Waals surface area contributed by atoms with E-state index in [-0.39, 0.29) is 11.6 Å². The second kappa shape index (κ2) is 6.54. The summed E-state index contributed by atoms with van der Waals surface area (Å²) in [5, 5.41) is 9.66. The smallest absolute Gasteiger partial charge is 0.481 e. The molecule has 0 aliphatic heterocycles. The summed E-state index contributed by atoms with van der Waals surface area (Å²) in [6.45, 7) is 0. The highest BCUT2D eigenvalue weighted by Crippen LogP contribution is 2.48. The van der Waals surface area contributed by atoms with Gasteiger partial charge in [0.15, 0.2) is 0 Å². The Hall–Kier alpha value is -3.49. The van der Waals surface area contributed by atoms with Gasteiger partial charge in [-0.05, 0) is 48.2 Å². The van der Waals surface area contributed by atoms with E-state index < -0.39 is 29.9 Å². The molecule has 9 heteroatoms. The lowest BCUT2D eigenvalue weighted by Crippen LogP contribution is -2.17. The third-order valence-electron chi connectivity index (χ3n) is 4.93. The largest absolute Gasteiger partial charge is 0.573 e. The van der Waals surface area contributed by atoms with Crippen molar-refractivity contribution >= 4 is 22.8 Å². The Morgan fingerprint density at radius 2 is 1.90 bits per heavy atom. The summed E-state index contributed by atoms with van der Waals surface area (Å²) in [5.41, 5.74) is 7.14. The van der Waals surface area contributed by atoms with E-state index in [1.807, 2.05) is 0 Å². The van der Waals surface area contributed by atoms with E-state index in [0.29, 0.717) is 23.0 Å². The summed E-state index contributed by atoms with van der Waals surface area (Å²) in [4.78, 5) is 23.1. The van der Waals surface area contributed by atoms with Gasteiger partial charge in [0.1, 0.15) is 11.4 Å². The molecule has 6 nitrogen and oxygen atoms in total. The topological polar surface area (TPSA) is 94.6 Å². The lowest BCUT2D eigenvalue weighted by Gasteiger charge is -2.12. The standard InChI is InChI=1S/C20H15F3N2O4/c21-20(22,23)29-13-5-4-11-7-17(18(24)26)25(16(11)8-13)12-3-1-2-10(6-12)14-9-15(14)19(27)28/h1-8,14-15H,9H2,(H2,24,26)(H,27,28). The maximum Gasteiger partial charge on any atom is 0.573 e. The quantitative estimate of drug-likeness (QED) is 0.676. The molecule has 1 heterocycles. The summed E-state index contributed by atoms with van der Waals surface area (Å²) >= 11 is 0. The van der Waals surface area contributed by atoms with E-state index in [9.17, 15) is 22.8 Å². The number of carboxylic acid groups (broad SMARTS) is 1. The van der Waals surface area contributed by atoms with Gasteiger partial charge in [-0.15, -0.1) is 13.2 Å². The SMILES string of the molecule is NC(=O)c1cc2ccc(OC(F)(F)F)cc2n1-c1cccc(C2CC2C(=O)O)c1. The third-order valence-corrected chi connectivity index (χ3v) is 4.93.